The quantitative estimate of drug-likeness (QED) is 0.118. The van der Waals surface area contributed by atoms with Crippen molar-refractivity contribution in [2.24, 2.45) is 0 Å². The summed E-state index contributed by atoms with van der Waals surface area (Å²) in [5.74, 6) is 11.9. The molecule has 0 amide bonds. The van der Waals surface area contributed by atoms with Crippen LogP contribution in [-0.2, 0) is 20.1 Å². The van der Waals surface area contributed by atoms with Crippen molar-refractivity contribution in [2.45, 2.75) is 73.1 Å². The number of hydrogen-bond acceptors (Lipinski definition) is 3. The van der Waals surface area contributed by atoms with Crippen molar-refractivity contribution < 1.29 is 24.5 Å². The van der Waals surface area contributed by atoms with Crippen LogP contribution in [0.3, 0.4) is 0 Å². The molecule has 1 aliphatic heterocycles. The molecule has 0 aliphatic carbocycles. The Morgan fingerprint density at radius 2 is 1.25 bits per heavy atom. The van der Waals surface area contributed by atoms with Gasteiger partial charge in [0.25, 0.3) is 0 Å². The third kappa shape index (κ3) is 8.97. The molecule has 67 heavy (non-hydrogen) atoms. The van der Waals surface area contributed by atoms with E-state index in [1.54, 1.807) is 15.0 Å². The molecule has 11 rings (SSSR count). The summed E-state index contributed by atoms with van der Waals surface area (Å²) < 4.78 is 12.8. The van der Waals surface area contributed by atoms with Crippen LogP contribution in [0.1, 0.15) is 50.7 Å². The second-order valence-electron chi connectivity index (χ2n) is 19.9. The standard InChI is InChI=1S/C49H49Ge2N2O.C11H8N.Ir/c1-31(2)40-27-36(33-15-10-9-11-16-33)28-41(32(3)4)47(40)53-45-20-13-12-19-44(45)52-49(53)39-18-14-17-38-37-23-21-35(30-46(37)54-48(38)39)34-22-24-42-43(29-34)51(7,8)26-25-50(42,5)6;1-2-6-10(7-3-1)11-8-4-5-9-12-11;/h9-17,19-24,27-32H,25-26H2,1-8H3;1-6,8-9H;/q2*-1;. The number of para-hydroxylation sites is 2. The van der Waals surface area contributed by atoms with E-state index in [2.05, 4.69) is 182 Å². The third-order valence-electron chi connectivity index (χ3n) is 13.8. The summed E-state index contributed by atoms with van der Waals surface area (Å²) in [4.78, 5) is 9.59. The zero-order valence-corrected chi connectivity index (χ0v) is 46.3. The van der Waals surface area contributed by atoms with Gasteiger partial charge in [-0.15, -0.1) is 35.9 Å². The maximum atomic E-state index is 6.94. The molecule has 3 aromatic heterocycles. The van der Waals surface area contributed by atoms with Gasteiger partial charge < -0.3 is 4.98 Å². The SMILES string of the molecule is CC(C)c1cc(-c2ccccc2)cc(C(C)C)c1-n1c(-c2[c-]ccc3c2oc2cc(-c4cc[c]5[c](c4)[Ge]([CH3])([CH3])[CH2][CH2][Ge]5([CH3])[CH3])ccc23)nc2ccccc21.[Ir].[c-]1ccccc1-c1ccccn1. The normalized spacial score (nSPS) is 13.9. The number of pyridine rings is 1. The Morgan fingerprint density at radius 3 is 1.96 bits per heavy atom. The Hall–Kier alpha value is -5.30. The van der Waals surface area contributed by atoms with Gasteiger partial charge >= 0.3 is 199 Å². The molecule has 4 nitrogen and oxygen atoms in total. The number of benzene rings is 7. The maximum absolute atomic E-state index is 6.94. The summed E-state index contributed by atoms with van der Waals surface area (Å²) in [6.07, 6.45) is 1.79. The molecule has 0 saturated heterocycles. The zero-order valence-electron chi connectivity index (χ0n) is 39.7. The first kappa shape index (κ1) is 46.8. The number of imidazole rings is 1. The van der Waals surface area contributed by atoms with Gasteiger partial charge in [-0.05, 0) is 70.1 Å². The molecule has 7 heteroatoms. The topological polar surface area (TPSA) is 43.9 Å². The van der Waals surface area contributed by atoms with E-state index in [-0.39, 0.29) is 31.9 Å². The fourth-order valence-electron chi connectivity index (χ4n) is 9.97. The number of furan rings is 1. The first-order chi connectivity index (χ1) is 31.9. The Labute approximate surface area is 415 Å². The monoisotopic (exact) mass is 1180 g/mol. The Kier molecular flexibility index (Phi) is 13.3. The van der Waals surface area contributed by atoms with Gasteiger partial charge in [0.05, 0.1) is 0 Å². The Balaban J connectivity index is 0.000000375. The smallest absolute Gasteiger partial charge is 0.305 e. The molecule has 0 atom stereocenters. The van der Waals surface area contributed by atoms with E-state index < -0.39 is 26.5 Å². The molecule has 0 spiro atoms. The van der Waals surface area contributed by atoms with Crippen molar-refractivity contribution in [3.05, 3.63) is 187 Å². The van der Waals surface area contributed by atoms with Crippen LogP contribution in [-0.4, -0.2) is 41.1 Å². The molecule has 1 aliphatic rings. The average molecular weight is 1170 g/mol. The number of aromatic nitrogens is 3. The van der Waals surface area contributed by atoms with Crippen molar-refractivity contribution in [1.82, 2.24) is 14.5 Å². The van der Waals surface area contributed by atoms with Gasteiger partial charge in [0.2, 0.25) is 0 Å². The number of rotatable bonds is 7. The zero-order chi connectivity index (χ0) is 45.7. The van der Waals surface area contributed by atoms with Crippen molar-refractivity contribution in [3.8, 4) is 50.6 Å². The van der Waals surface area contributed by atoms with Gasteiger partial charge in [0.1, 0.15) is 0 Å². The second-order valence-corrected chi connectivity index (χ2v) is 40.0. The van der Waals surface area contributed by atoms with E-state index in [0.717, 1.165) is 55.6 Å². The van der Waals surface area contributed by atoms with Crippen LogP contribution in [0.25, 0.3) is 83.6 Å². The summed E-state index contributed by atoms with van der Waals surface area (Å²) >= 11 is -4.01. The molecule has 1 radical (unpaired) electrons. The van der Waals surface area contributed by atoms with Gasteiger partial charge in [-0.3, -0.25) is 0 Å². The summed E-state index contributed by atoms with van der Waals surface area (Å²) in [5.41, 5.74) is 15.5. The summed E-state index contributed by atoms with van der Waals surface area (Å²) in [6.45, 7) is 9.21. The van der Waals surface area contributed by atoms with Crippen LogP contribution in [0.4, 0.5) is 0 Å². The van der Waals surface area contributed by atoms with Gasteiger partial charge in [-0.2, -0.15) is 0 Å². The molecule has 0 bridgehead atoms. The van der Waals surface area contributed by atoms with Gasteiger partial charge in [0.15, 0.2) is 0 Å². The van der Waals surface area contributed by atoms with E-state index >= 15 is 0 Å². The number of fused-ring (bicyclic) bond motifs is 5. The number of hydrogen-bond donors (Lipinski definition) is 0. The van der Waals surface area contributed by atoms with Crippen molar-refractivity contribution in [1.29, 1.82) is 0 Å². The van der Waals surface area contributed by atoms with Crippen molar-refractivity contribution in [2.75, 3.05) is 0 Å². The van der Waals surface area contributed by atoms with E-state index in [4.69, 9.17) is 9.40 Å². The second kappa shape index (κ2) is 19.0. The summed E-state index contributed by atoms with van der Waals surface area (Å²) in [5, 5.41) is 5.16. The minimum absolute atomic E-state index is 0. The first-order valence-electron chi connectivity index (χ1n) is 23.5. The molecule has 10 aromatic rings. The number of nitrogens with zero attached hydrogens (tertiary/aromatic N) is 3. The summed E-state index contributed by atoms with van der Waals surface area (Å²) in [7, 11) is 0. The minimum Gasteiger partial charge on any atom is -0.305 e. The van der Waals surface area contributed by atoms with Crippen molar-refractivity contribution >= 4 is 68.3 Å². The fourth-order valence-corrected chi connectivity index (χ4v) is 40.4. The van der Waals surface area contributed by atoms with E-state index in [0.29, 0.717) is 0 Å². The van der Waals surface area contributed by atoms with Crippen LogP contribution in [0.15, 0.2) is 168 Å². The first-order valence-corrected chi connectivity index (χ1v) is 37.0. The van der Waals surface area contributed by atoms with Crippen molar-refractivity contribution in [3.63, 3.8) is 0 Å². The van der Waals surface area contributed by atoms with E-state index in [1.165, 1.54) is 49.6 Å². The summed E-state index contributed by atoms with van der Waals surface area (Å²) in [6, 6.07) is 62.9. The predicted molar refractivity (Wildman–Crippen MR) is 284 cm³/mol. The fraction of sp³-hybridized carbons (Fsp3) is 0.200. The predicted octanol–water partition coefficient (Wildman–Crippen LogP) is 15.4. The van der Waals surface area contributed by atoms with E-state index in [9.17, 15) is 0 Å². The average Bonchev–Trinajstić information content (AvgIpc) is 3.92. The van der Waals surface area contributed by atoms with Crippen LogP contribution in [0.2, 0.25) is 33.5 Å². The molecule has 0 saturated carbocycles. The van der Waals surface area contributed by atoms with Gasteiger partial charge in [-0.1, -0.05) is 82.3 Å². The Morgan fingerprint density at radius 1 is 0.582 bits per heavy atom. The molecule has 337 valence electrons. The van der Waals surface area contributed by atoms with Gasteiger partial charge in [0, 0.05) is 26.3 Å². The molecule has 4 heterocycles. The van der Waals surface area contributed by atoms with Crippen LogP contribution < -0.4 is 8.79 Å². The van der Waals surface area contributed by atoms with Crippen LogP contribution in [0.5, 0.6) is 0 Å². The molecule has 0 fully saturated rings. The van der Waals surface area contributed by atoms with E-state index in [1.807, 2.05) is 48.5 Å². The van der Waals surface area contributed by atoms with Crippen LogP contribution >= 0.6 is 0 Å². The molecule has 0 N–H and O–H groups in total. The van der Waals surface area contributed by atoms with Crippen LogP contribution in [0, 0.1) is 12.1 Å². The molecule has 0 unspecified atom stereocenters. The van der Waals surface area contributed by atoms with Gasteiger partial charge in [-0.25, -0.2) is 0 Å². The minimum atomic E-state index is -2.05. The molecule has 7 aromatic carbocycles. The Bertz CT molecular complexity index is 3310. The third-order valence-corrected chi connectivity index (χ3v) is 31.3. The molecular weight excluding hydrogens is 1120 g/mol. The molecular formula is C60H57Ge2IrN3O-2.